The number of rotatable bonds is 4. The molecule has 0 fully saturated rings. The second kappa shape index (κ2) is 5.53. The van der Waals surface area contributed by atoms with Gasteiger partial charge in [-0.3, -0.25) is 0 Å². The average Bonchev–Trinajstić information content (AvgIpc) is 2.36. The molecule has 0 nitrogen and oxygen atoms in total. The van der Waals surface area contributed by atoms with Gasteiger partial charge in [0, 0.05) is 0 Å². The largest absolute Gasteiger partial charge is 0.106 e. The lowest BCUT2D eigenvalue weighted by atomic mass is 9.99. The van der Waals surface area contributed by atoms with Crippen LogP contribution < -0.4 is 0 Å². The minimum atomic E-state index is -0.100. The normalized spacial score (nSPS) is 11.9. The van der Waals surface area contributed by atoms with Crippen LogP contribution in [0.4, 0.5) is 0 Å². The van der Waals surface area contributed by atoms with E-state index in [4.69, 9.17) is 0 Å². The van der Waals surface area contributed by atoms with Crippen molar-refractivity contribution in [1.29, 1.82) is 0 Å². The van der Waals surface area contributed by atoms with Gasteiger partial charge >= 0.3 is 0 Å². The highest BCUT2D eigenvalue weighted by Gasteiger charge is 2.26. The number of halogens is 2. The lowest BCUT2D eigenvalue weighted by Crippen LogP contribution is -2.09. The SMILES string of the molecule is CCCCC(Br)(Br)c1cccc2ccccc12. The highest BCUT2D eigenvalue weighted by molar-refractivity contribution is 9.24. The molecule has 0 saturated heterocycles. The molecule has 0 aromatic heterocycles. The van der Waals surface area contributed by atoms with Gasteiger partial charge < -0.3 is 0 Å². The van der Waals surface area contributed by atoms with Crippen LogP contribution in [0.25, 0.3) is 10.8 Å². The summed E-state index contributed by atoms with van der Waals surface area (Å²) >= 11 is 7.66. The Balaban J connectivity index is 2.47. The molecule has 0 atom stereocenters. The summed E-state index contributed by atoms with van der Waals surface area (Å²) in [5, 5.41) is 2.62. The molecule has 0 aliphatic heterocycles. The molecule has 0 bridgehead atoms. The number of alkyl halides is 2. The Kier molecular flexibility index (Phi) is 4.26. The molecule has 2 aromatic rings. The second-order valence-corrected chi connectivity index (χ2v) is 8.11. The van der Waals surface area contributed by atoms with Crippen molar-refractivity contribution < 1.29 is 0 Å². The number of fused-ring (bicyclic) bond motifs is 1. The van der Waals surface area contributed by atoms with Gasteiger partial charge in [-0.25, -0.2) is 0 Å². The third-order valence-corrected chi connectivity index (χ3v) is 4.68. The van der Waals surface area contributed by atoms with E-state index < -0.39 is 0 Å². The summed E-state index contributed by atoms with van der Waals surface area (Å²) in [6, 6.07) is 15.0. The molecular weight excluding hydrogens is 340 g/mol. The van der Waals surface area contributed by atoms with Crippen molar-refractivity contribution in [2.24, 2.45) is 0 Å². The van der Waals surface area contributed by atoms with Crippen LogP contribution in [0.3, 0.4) is 0 Å². The molecule has 0 spiro atoms. The molecule has 0 saturated carbocycles. The van der Waals surface area contributed by atoms with Gasteiger partial charge in [-0.2, -0.15) is 0 Å². The molecule has 0 radical (unpaired) electrons. The van der Waals surface area contributed by atoms with Crippen LogP contribution in [0.2, 0.25) is 0 Å². The van der Waals surface area contributed by atoms with Gasteiger partial charge in [0.05, 0.1) is 0 Å². The molecule has 0 aliphatic carbocycles. The Labute approximate surface area is 120 Å². The van der Waals surface area contributed by atoms with Crippen LogP contribution in [0.1, 0.15) is 31.7 Å². The summed E-state index contributed by atoms with van der Waals surface area (Å²) < 4.78 is -0.100. The topological polar surface area (TPSA) is 0 Å². The molecule has 17 heavy (non-hydrogen) atoms. The smallest absolute Gasteiger partial charge is 0.0674 e. The van der Waals surface area contributed by atoms with Gasteiger partial charge in [-0.1, -0.05) is 94.1 Å². The summed E-state index contributed by atoms with van der Waals surface area (Å²) in [6.45, 7) is 2.22. The van der Waals surface area contributed by atoms with Gasteiger partial charge in [0.2, 0.25) is 0 Å². The van der Waals surface area contributed by atoms with Crippen LogP contribution in [0.5, 0.6) is 0 Å². The molecular formula is C15H16Br2. The van der Waals surface area contributed by atoms with E-state index in [-0.39, 0.29) is 3.23 Å². The van der Waals surface area contributed by atoms with Crippen molar-refractivity contribution in [2.45, 2.75) is 29.4 Å². The molecule has 2 heteroatoms. The van der Waals surface area contributed by atoms with Gasteiger partial charge in [-0.15, -0.1) is 0 Å². The van der Waals surface area contributed by atoms with E-state index >= 15 is 0 Å². The molecule has 2 rings (SSSR count). The minimum absolute atomic E-state index is 0.100. The van der Waals surface area contributed by atoms with E-state index in [1.54, 1.807) is 0 Å². The Bertz CT molecular complexity index is 498. The first kappa shape index (κ1) is 13.1. The third kappa shape index (κ3) is 2.92. The second-order valence-electron chi connectivity index (χ2n) is 4.33. The maximum absolute atomic E-state index is 3.83. The van der Waals surface area contributed by atoms with Crippen molar-refractivity contribution in [1.82, 2.24) is 0 Å². The Hall–Kier alpha value is -0.340. The standard InChI is InChI=1S/C15H16Br2/c1-2-3-11-15(16,17)14-10-6-8-12-7-4-5-9-13(12)14/h4-10H,2-3,11H2,1H3. The monoisotopic (exact) mass is 354 g/mol. The Morgan fingerprint density at radius 1 is 1.00 bits per heavy atom. The molecule has 0 unspecified atom stereocenters. The van der Waals surface area contributed by atoms with Gasteiger partial charge in [0.15, 0.2) is 0 Å². The fraction of sp³-hybridized carbons (Fsp3) is 0.333. The van der Waals surface area contributed by atoms with E-state index in [1.807, 2.05) is 0 Å². The molecule has 0 amide bonds. The van der Waals surface area contributed by atoms with E-state index in [0.717, 1.165) is 6.42 Å². The summed E-state index contributed by atoms with van der Waals surface area (Å²) in [7, 11) is 0. The fourth-order valence-corrected chi connectivity index (χ4v) is 3.33. The zero-order valence-corrected chi connectivity index (χ0v) is 13.1. The Morgan fingerprint density at radius 3 is 2.47 bits per heavy atom. The zero-order chi connectivity index (χ0) is 12.3. The first-order valence-corrected chi connectivity index (χ1v) is 7.60. The van der Waals surface area contributed by atoms with E-state index in [2.05, 4.69) is 81.2 Å². The fourth-order valence-electron chi connectivity index (χ4n) is 2.08. The van der Waals surface area contributed by atoms with Crippen LogP contribution in [0.15, 0.2) is 42.5 Å². The predicted molar refractivity (Wildman–Crippen MR) is 83.0 cm³/mol. The number of benzene rings is 2. The maximum atomic E-state index is 3.83. The molecule has 0 heterocycles. The van der Waals surface area contributed by atoms with Crippen molar-refractivity contribution in [3.63, 3.8) is 0 Å². The summed E-state index contributed by atoms with van der Waals surface area (Å²) in [6.07, 6.45) is 3.51. The molecule has 0 N–H and O–H groups in total. The lowest BCUT2D eigenvalue weighted by Gasteiger charge is -2.22. The molecule has 90 valence electrons. The van der Waals surface area contributed by atoms with E-state index in [0.29, 0.717) is 0 Å². The summed E-state index contributed by atoms with van der Waals surface area (Å²) in [5.41, 5.74) is 1.32. The maximum Gasteiger partial charge on any atom is 0.106 e. The minimum Gasteiger partial charge on any atom is -0.0674 e. The summed E-state index contributed by atoms with van der Waals surface area (Å²) in [5.74, 6) is 0. The number of hydrogen-bond donors (Lipinski definition) is 0. The zero-order valence-electron chi connectivity index (χ0n) is 9.92. The quantitative estimate of drug-likeness (QED) is 0.592. The van der Waals surface area contributed by atoms with Gasteiger partial charge in [-0.05, 0) is 22.8 Å². The van der Waals surface area contributed by atoms with Crippen molar-refractivity contribution >= 4 is 42.6 Å². The predicted octanol–water partition coefficient (Wildman–Crippen LogP) is 5.97. The average molecular weight is 356 g/mol. The van der Waals surface area contributed by atoms with Gasteiger partial charge in [0.25, 0.3) is 0 Å². The number of unbranched alkanes of at least 4 members (excludes halogenated alkanes) is 1. The van der Waals surface area contributed by atoms with E-state index in [9.17, 15) is 0 Å². The summed E-state index contributed by atoms with van der Waals surface area (Å²) in [4.78, 5) is 0. The highest BCUT2D eigenvalue weighted by Crippen LogP contribution is 2.45. The van der Waals surface area contributed by atoms with Crippen molar-refractivity contribution in [2.75, 3.05) is 0 Å². The third-order valence-electron chi connectivity index (χ3n) is 3.03. The van der Waals surface area contributed by atoms with Crippen LogP contribution in [-0.2, 0) is 3.23 Å². The van der Waals surface area contributed by atoms with Crippen LogP contribution in [-0.4, -0.2) is 0 Å². The lowest BCUT2D eigenvalue weighted by molar-refractivity contribution is 0.693. The Morgan fingerprint density at radius 2 is 1.71 bits per heavy atom. The van der Waals surface area contributed by atoms with Crippen LogP contribution >= 0.6 is 31.9 Å². The molecule has 2 aromatic carbocycles. The van der Waals surface area contributed by atoms with Gasteiger partial charge in [0.1, 0.15) is 3.23 Å². The number of hydrogen-bond acceptors (Lipinski definition) is 0. The van der Waals surface area contributed by atoms with E-state index in [1.165, 1.54) is 29.2 Å². The van der Waals surface area contributed by atoms with Crippen LogP contribution in [0, 0.1) is 0 Å². The molecule has 0 aliphatic rings. The highest BCUT2D eigenvalue weighted by atomic mass is 79.9. The first-order valence-electron chi connectivity index (χ1n) is 6.01. The van der Waals surface area contributed by atoms with Crippen molar-refractivity contribution in [3.05, 3.63) is 48.0 Å². The first-order chi connectivity index (χ1) is 8.15. The van der Waals surface area contributed by atoms with Crippen molar-refractivity contribution in [3.8, 4) is 0 Å².